The van der Waals surface area contributed by atoms with E-state index >= 15 is 0 Å². The fraction of sp³-hybridized carbons (Fsp3) is 1.00. The molecule has 0 atom stereocenters. The van der Waals surface area contributed by atoms with Gasteiger partial charge in [0.05, 0.1) is 0 Å². The van der Waals surface area contributed by atoms with Crippen molar-refractivity contribution < 1.29 is 4.43 Å². The second-order valence-corrected chi connectivity index (χ2v) is 21.7. The molecule has 5 heteroatoms. The van der Waals surface area contributed by atoms with Crippen LogP contribution < -0.4 is 0 Å². The standard InChI is InChI=1S/C13H33NOSi3/c1-8-15-18(6,7)11-9-10-14-16(2,3)12-13-17(14,4)5/h8-13H2,1-7H3. The van der Waals surface area contributed by atoms with Gasteiger partial charge in [-0.1, -0.05) is 26.2 Å². The van der Waals surface area contributed by atoms with Gasteiger partial charge in [0.15, 0.2) is 8.32 Å². The summed E-state index contributed by atoms with van der Waals surface area (Å²) in [4.78, 5) is 0. The average molecular weight is 304 g/mol. The number of hydrogen-bond acceptors (Lipinski definition) is 2. The maximum absolute atomic E-state index is 5.94. The lowest BCUT2D eigenvalue weighted by Gasteiger charge is -2.39. The third-order valence-corrected chi connectivity index (χ3v) is 17.6. The molecular weight excluding hydrogens is 270 g/mol. The summed E-state index contributed by atoms with van der Waals surface area (Å²) in [6.07, 6.45) is 1.35. The van der Waals surface area contributed by atoms with Crippen LogP contribution in [0.25, 0.3) is 0 Å². The molecule has 18 heavy (non-hydrogen) atoms. The molecule has 1 aliphatic rings. The Labute approximate surface area is 117 Å². The topological polar surface area (TPSA) is 12.5 Å². The Balaban J connectivity index is 2.47. The van der Waals surface area contributed by atoms with Gasteiger partial charge >= 0.3 is 0 Å². The lowest BCUT2D eigenvalue weighted by molar-refractivity contribution is 0.327. The molecule has 108 valence electrons. The fourth-order valence-corrected chi connectivity index (χ4v) is 19.6. The molecule has 0 saturated carbocycles. The van der Waals surface area contributed by atoms with Gasteiger partial charge in [0, 0.05) is 6.61 Å². The minimum atomic E-state index is -1.36. The SMILES string of the molecule is CCO[Si](C)(C)CCCN1[Si](C)(C)CC[Si]1(C)C. The quantitative estimate of drug-likeness (QED) is 0.677. The minimum Gasteiger partial charge on any atom is -0.418 e. The first-order valence-corrected chi connectivity index (χ1v) is 16.9. The molecule has 0 aromatic carbocycles. The van der Waals surface area contributed by atoms with Crippen molar-refractivity contribution in [2.45, 2.75) is 70.8 Å². The fourth-order valence-electron chi connectivity index (χ4n) is 3.43. The highest BCUT2D eigenvalue weighted by Crippen LogP contribution is 2.37. The van der Waals surface area contributed by atoms with Gasteiger partial charge in [-0.05, 0) is 51.1 Å². The molecule has 1 rings (SSSR count). The second kappa shape index (κ2) is 5.91. The molecule has 1 saturated heterocycles. The van der Waals surface area contributed by atoms with Crippen molar-refractivity contribution >= 4 is 24.8 Å². The Kier molecular flexibility index (Phi) is 5.46. The van der Waals surface area contributed by atoms with Crippen LogP contribution in [0.2, 0.25) is 57.4 Å². The molecule has 0 amide bonds. The minimum absolute atomic E-state index is 0.892. The Hall–Kier alpha value is 0.571. The van der Waals surface area contributed by atoms with Crippen LogP contribution in [0.3, 0.4) is 0 Å². The molecule has 1 fully saturated rings. The van der Waals surface area contributed by atoms with Crippen LogP contribution in [0.15, 0.2) is 0 Å². The summed E-state index contributed by atoms with van der Waals surface area (Å²) in [5.74, 6) is 0. The van der Waals surface area contributed by atoms with Crippen molar-refractivity contribution in [2.24, 2.45) is 0 Å². The number of nitrogens with zero attached hydrogens (tertiary/aromatic N) is 1. The Morgan fingerprint density at radius 1 is 1.06 bits per heavy atom. The van der Waals surface area contributed by atoms with Gasteiger partial charge in [0.25, 0.3) is 0 Å². The van der Waals surface area contributed by atoms with Gasteiger partial charge < -0.3 is 8.66 Å². The summed E-state index contributed by atoms with van der Waals surface area (Å²) in [5, 5.41) is 0. The van der Waals surface area contributed by atoms with Crippen molar-refractivity contribution in [3.8, 4) is 0 Å². The van der Waals surface area contributed by atoms with E-state index in [1.54, 1.807) is 0 Å². The van der Waals surface area contributed by atoms with E-state index < -0.39 is 24.8 Å². The van der Waals surface area contributed by atoms with Crippen molar-refractivity contribution in [2.75, 3.05) is 13.2 Å². The van der Waals surface area contributed by atoms with E-state index in [2.05, 4.69) is 50.4 Å². The highest BCUT2D eigenvalue weighted by molar-refractivity contribution is 6.95. The van der Waals surface area contributed by atoms with E-state index in [1.807, 2.05) is 0 Å². The molecule has 2 nitrogen and oxygen atoms in total. The summed E-state index contributed by atoms with van der Waals surface area (Å²) < 4.78 is 8.94. The Morgan fingerprint density at radius 3 is 2.00 bits per heavy atom. The van der Waals surface area contributed by atoms with Crippen LogP contribution in [0.5, 0.6) is 0 Å². The second-order valence-electron chi connectivity index (χ2n) is 7.57. The lowest BCUT2D eigenvalue weighted by Crippen LogP contribution is -2.55. The van der Waals surface area contributed by atoms with E-state index in [0.29, 0.717) is 0 Å². The molecule has 0 unspecified atom stereocenters. The molecule has 0 aromatic rings. The van der Waals surface area contributed by atoms with Crippen molar-refractivity contribution in [3.63, 3.8) is 0 Å². The van der Waals surface area contributed by atoms with E-state index in [4.69, 9.17) is 4.43 Å². The predicted molar refractivity (Wildman–Crippen MR) is 89.8 cm³/mol. The lowest BCUT2D eigenvalue weighted by atomic mass is 10.5. The largest absolute Gasteiger partial charge is 0.418 e. The van der Waals surface area contributed by atoms with Crippen molar-refractivity contribution in [1.29, 1.82) is 0 Å². The van der Waals surface area contributed by atoms with E-state index in [9.17, 15) is 0 Å². The summed E-state index contributed by atoms with van der Waals surface area (Å²) >= 11 is 0. The number of rotatable bonds is 6. The molecule has 0 aromatic heterocycles. The molecule has 0 radical (unpaired) electrons. The van der Waals surface area contributed by atoms with Crippen LogP contribution in [0, 0.1) is 0 Å². The van der Waals surface area contributed by atoms with E-state index in [0.717, 1.165) is 6.61 Å². The Morgan fingerprint density at radius 2 is 1.56 bits per heavy atom. The van der Waals surface area contributed by atoms with Crippen molar-refractivity contribution in [3.05, 3.63) is 0 Å². The maximum Gasteiger partial charge on any atom is 0.186 e. The van der Waals surface area contributed by atoms with Gasteiger partial charge in [0.1, 0.15) is 16.5 Å². The monoisotopic (exact) mass is 303 g/mol. The molecule has 0 N–H and O–H groups in total. The van der Waals surface area contributed by atoms with Crippen molar-refractivity contribution in [1.82, 2.24) is 4.23 Å². The molecule has 0 bridgehead atoms. The highest BCUT2D eigenvalue weighted by atomic mass is 28.4. The molecular formula is C13H33NOSi3. The van der Waals surface area contributed by atoms with Crippen LogP contribution in [-0.4, -0.2) is 42.2 Å². The third kappa shape index (κ3) is 4.30. The maximum atomic E-state index is 5.94. The normalized spacial score (nSPS) is 23.5. The van der Waals surface area contributed by atoms with E-state index in [1.165, 1.54) is 31.1 Å². The van der Waals surface area contributed by atoms with Gasteiger partial charge in [0.2, 0.25) is 0 Å². The summed E-state index contributed by atoms with van der Waals surface area (Å²) in [6.45, 7) is 19.4. The zero-order chi connectivity index (χ0) is 14.0. The van der Waals surface area contributed by atoms with Crippen LogP contribution in [-0.2, 0) is 4.43 Å². The molecule has 0 aliphatic carbocycles. The first-order valence-electron chi connectivity index (χ1n) is 7.52. The number of hydrogen-bond donors (Lipinski definition) is 0. The smallest absolute Gasteiger partial charge is 0.186 e. The predicted octanol–water partition coefficient (Wildman–Crippen LogP) is 4.34. The zero-order valence-electron chi connectivity index (χ0n) is 13.6. The molecule has 1 heterocycles. The summed E-state index contributed by atoms with van der Waals surface area (Å²) in [6, 6.07) is 4.38. The third-order valence-electron chi connectivity index (χ3n) is 4.51. The van der Waals surface area contributed by atoms with Crippen LogP contribution >= 0.6 is 0 Å². The first kappa shape index (κ1) is 16.6. The van der Waals surface area contributed by atoms with Crippen LogP contribution in [0.1, 0.15) is 13.3 Å². The average Bonchev–Trinajstić information content (AvgIpc) is 2.40. The van der Waals surface area contributed by atoms with Crippen LogP contribution in [0.4, 0.5) is 0 Å². The first-order chi connectivity index (χ1) is 8.11. The molecule has 1 aliphatic heterocycles. The molecule has 0 spiro atoms. The zero-order valence-corrected chi connectivity index (χ0v) is 16.6. The Bertz CT molecular complexity index is 263. The van der Waals surface area contributed by atoms with Gasteiger partial charge in [-0.2, -0.15) is 0 Å². The van der Waals surface area contributed by atoms with Gasteiger partial charge in [-0.3, -0.25) is 0 Å². The van der Waals surface area contributed by atoms with Gasteiger partial charge in [-0.15, -0.1) is 0 Å². The highest BCUT2D eigenvalue weighted by Gasteiger charge is 2.46. The summed E-state index contributed by atoms with van der Waals surface area (Å²) in [5.41, 5.74) is 0. The van der Waals surface area contributed by atoms with E-state index in [-0.39, 0.29) is 0 Å². The summed E-state index contributed by atoms with van der Waals surface area (Å²) in [7, 11) is -3.46. The van der Waals surface area contributed by atoms with Gasteiger partial charge in [-0.25, -0.2) is 0 Å².